The Bertz CT molecular complexity index is 215. The molecule has 0 aliphatic heterocycles. The molecule has 0 heterocycles. The number of halogens is 3. The van der Waals surface area contributed by atoms with E-state index in [0.717, 1.165) is 7.11 Å². The first kappa shape index (κ1) is 9.31. The van der Waals surface area contributed by atoms with Gasteiger partial charge in [-0.05, 0) is 6.42 Å². The van der Waals surface area contributed by atoms with Crippen molar-refractivity contribution in [3.8, 4) is 0 Å². The van der Waals surface area contributed by atoms with Crippen molar-refractivity contribution in [1.82, 2.24) is 0 Å². The second kappa shape index (κ2) is 2.35. The van der Waals surface area contributed by atoms with Crippen LogP contribution in [0.15, 0.2) is 0 Å². The third-order valence-electron chi connectivity index (χ3n) is 1.96. The number of carbonyl (C=O) groups excluding carboxylic acids is 1. The van der Waals surface area contributed by atoms with Crippen molar-refractivity contribution >= 4 is 5.97 Å². The second-order valence-electron chi connectivity index (χ2n) is 2.83. The third-order valence-corrected chi connectivity index (χ3v) is 1.96. The van der Waals surface area contributed by atoms with Gasteiger partial charge in [-0.2, -0.15) is 13.2 Å². The molecule has 3 nitrogen and oxygen atoms in total. The minimum absolute atomic E-state index is 0.372. The van der Waals surface area contributed by atoms with Crippen molar-refractivity contribution in [3.63, 3.8) is 0 Å². The fourth-order valence-corrected chi connectivity index (χ4v) is 1.10. The summed E-state index contributed by atoms with van der Waals surface area (Å²) >= 11 is 0. The van der Waals surface area contributed by atoms with Crippen LogP contribution in [0.5, 0.6) is 0 Å². The Morgan fingerprint density at radius 3 is 2.42 bits per heavy atom. The lowest BCUT2D eigenvalue weighted by Gasteiger charge is -2.10. The summed E-state index contributed by atoms with van der Waals surface area (Å²) in [6.07, 6.45) is -4.77. The highest BCUT2D eigenvalue weighted by molar-refractivity contribution is 5.84. The highest BCUT2D eigenvalue weighted by Gasteiger charge is 2.69. The number of alkyl halides is 3. The number of hydrogen-bond donors (Lipinski definition) is 1. The van der Waals surface area contributed by atoms with Gasteiger partial charge in [0, 0.05) is 0 Å². The number of esters is 1. The van der Waals surface area contributed by atoms with E-state index in [1.54, 1.807) is 0 Å². The fraction of sp³-hybridized carbons (Fsp3) is 0.833. The van der Waals surface area contributed by atoms with E-state index in [9.17, 15) is 18.0 Å². The lowest BCUT2D eigenvalue weighted by molar-refractivity contribution is -0.163. The van der Waals surface area contributed by atoms with E-state index < -0.39 is 23.6 Å². The van der Waals surface area contributed by atoms with Gasteiger partial charge in [0.05, 0.1) is 13.0 Å². The van der Waals surface area contributed by atoms with Crippen molar-refractivity contribution in [3.05, 3.63) is 0 Å². The summed E-state index contributed by atoms with van der Waals surface area (Å²) in [5.41, 5.74) is 3.31. The first-order valence-electron chi connectivity index (χ1n) is 3.26. The zero-order valence-electron chi connectivity index (χ0n) is 6.31. The Hall–Kier alpha value is -0.780. The first-order chi connectivity index (χ1) is 5.32. The maximum atomic E-state index is 11.9. The van der Waals surface area contributed by atoms with E-state index >= 15 is 0 Å². The molecule has 12 heavy (non-hydrogen) atoms. The van der Waals surface area contributed by atoms with Crippen molar-refractivity contribution in [2.45, 2.75) is 18.1 Å². The van der Waals surface area contributed by atoms with E-state index in [0.29, 0.717) is 0 Å². The van der Waals surface area contributed by atoms with Gasteiger partial charge in [0.15, 0.2) is 0 Å². The molecule has 0 bridgehead atoms. The van der Waals surface area contributed by atoms with Crippen LogP contribution in [0.1, 0.15) is 6.42 Å². The Kier molecular flexibility index (Phi) is 1.82. The molecule has 1 rings (SSSR count). The Balaban J connectivity index is 2.66. The first-order valence-corrected chi connectivity index (χ1v) is 3.26. The molecule has 1 fully saturated rings. The molecule has 1 saturated carbocycles. The SMILES string of the molecule is COC(=O)[C@@]1(N)C[C@@H]1C(F)(F)F. The van der Waals surface area contributed by atoms with Crippen LogP contribution in [0.2, 0.25) is 0 Å². The maximum Gasteiger partial charge on any atom is 0.394 e. The molecular weight excluding hydrogens is 175 g/mol. The van der Waals surface area contributed by atoms with Crippen LogP contribution in [-0.4, -0.2) is 24.8 Å². The predicted molar refractivity (Wildman–Crippen MR) is 33.1 cm³/mol. The standard InChI is InChI=1S/C6H8F3NO2/c1-12-4(11)5(10)2-3(5)6(7,8)9/h3H,2,10H2,1H3/t3-,5+/m0/s1. The summed E-state index contributed by atoms with van der Waals surface area (Å²) in [6, 6.07) is 0. The van der Waals surface area contributed by atoms with Crippen LogP contribution >= 0.6 is 0 Å². The van der Waals surface area contributed by atoms with Gasteiger partial charge in [0.2, 0.25) is 0 Å². The quantitative estimate of drug-likeness (QED) is 0.600. The minimum atomic E-state index is -4.40. The summed E-state index contributed by atoms with van der Waals surface area (Å²) in [5.74, 6) is -2.73. The molecule has 0 aromatic carbocycles. The summed E-state index contributed by atoms with van der Waals surface area (Å²) < 4.78 is 40.0. The van der Waals surface area contributed by atoms with E-state index in [1.165, 1.54) is 0 Å². The minimum Gasteiger partial charge on any atom is -0.468 e. The van der Waals surface area contributed by atoms with E-state index in [4.69, 9.17) is 5.73 Å². The average Bonchev–Trinajstić information content (AvgIpc) is 2.61. The van der Waals surface area contributed by atoms with Gasteiger partial charge in [0.1, 0.15) is 5.54 Å². The molecule has 70 valence electrons. The van der Waals surface area contributed by atoms with E-state index in [1.807, 2.05) is 0 Å². The maximum absolute atomic E-state index is 11.9. The Morgan fingerprint density at radius 2 is 2.17 bits per heavy atom. The molecule has 0 radical (unpaired) electrons. The van der Waals surface area contributed by atoms with Gasteiger partial charge < -0.3 is 10.5 Å². The Labute approximate surface area is 66.7 Å². The molecule has 2 atom stereocenters. The zero-order valence-corrected chi connectivity index (χ0v) is 6.31. The molecule has 0 unspecified atom stereocenters. The van der Waals surface area contributed by atoms with Crippen molar-refractivity contribution in [2.24, 2.45) is 11.7 Å². The van der Waals surface area contributed by atoms with Crippen molar-refractivity contribution < 1.29 is 22.7 Å². The summed E-state index contributed by atoms with van der Waals surface area (Å²) in [6.45, 7) is 0. The number of carbonyl (C=O) groups is 1. The monoisotopic (exact) mass is 183 g/mol. The van der Waals surface area contributed by atoms with Crippen molar-refractivity contribution in [1.29, 1.82) is 0 Å². The summed E-state index contributed by atoms with van der Waals surface area (Å²) in [5, 5.41) is 0. The molecule has 2 N–H and O–H groups in total. The largest absolute Gasteiger partial charge is 0.468 e. The molecule has 0 saturated heterocycles. The van der Waals surface area contributed by atoms with Crippen molar-refractivity contribution in [2.75, 3.05) is 7.11 Å². The lowest BCUT2D eigenvalue weighted by Crippen LogP contribution is -2.39. The number of ether oxygens (including phenoxy) is 1. The van der Waals surface area contributed by atoms with Gasteiger partial charge in [-0.3, -0.25) is 4.79 Å². The molecular formula is C6H8F3NO2. The molecule has 0 aromatic heterocycles. The van der Waals surface area contributed by atoms with E-state index in [-0.39, 0.29) is 6.42 Å². The topological polar surface area (TPSA) is 52.3 Å². The van der Waals surface area contributed by atoms with Crippen LogP contribution < -0.4 is 5.73 Å². The number of hydrogen-bond acceptors (Lipinski definition) is 3. The summed E-state index contributed by atoms with van der Waals surface area (Å²) in [7, 11) is 1.02. The molecule has 0 spiro atoms. The fourth-order valence-electron chi connectivity index (χ4n) is 1.10. The summed E-state index contributed by atoms with van der Waals surface area (Å²) in [4.78, 5) is 10.7. The zero-order chi connectivity index (χ0) is 9.57. The number of rotatable bonds is 1. The average molecular weight is 183 g/mol. The van der Waals surface area contributed by atoms with Crippen LogP contribution in [0.25, 0.3) is 0 Å². The van der Waals surface area contributed by atoms with Crippen LogP contribution in [0.4, 0.5) is 13.2 Å². The third kappa shape index (κ3) is 1.26. The molecule has 1 aliphatic rings. The Morgan fingerprint density at radius 1 is 1.67 bits per heavy atom. The molecule has 6 heteroatoms. The smallest absolute Gasteiger partial charge is 0.394 e. The molecule has 1 aliphatic carbocycles. The lowest BCUT2D eigenvalue weighted by atomic mass is 10.2. The number of nitrogens with two attached hydrogens (primary N) is 1. The van der Waals surface area contributed by atoms with Gasteiger partial charge in [-0.15, -0.1) is 0 Å². The number of methoxy groups -OCH3 is 1. The van der Waals surface area contributed by atoms with Gasteiger partial charge in [-0.1, -0.05) is 0 Å². The highest BCUT2D eigenvalue weighted by Crippen LogP contribution is 2.52. The van der Waals surface area contributed by atoms with Gasteiger partial charge in [-0.25, -0.2) is 0 Å². The normalized spacial score (nSPS) is 34.6. The van der Waals surface area contributed by atoms with E-state index in [2.05, 4.69) is 4.74 Å². The predicted octanol–water partition coefficient (Wildman–Crippen LogP) is 0.439. The van der Waals surface area contributed by atoms with Gasteiger partial charge >= 0.3 is 12.1 Å². The second-order valence-corrected chi connectivity index (χ2v) is 2.83. The van der Waals surface area contributed by atoms with Crippen LogP contribution in [0.3, 0.4) is 0 Å². The highest BCUT2D eigenvalue weighted by atomic mass is 19.4. The van der Waals surface area contributed by atoms with Crippen LogP contribution in [0, 0.1) is 5.92 Å². The van der Waals surface area contributed by atoms with Gasteiger partial charge in [0.25, 0.3) is 0 Å². The molecule has 0 aromatic rings. The molecule has 0 amide bonds. The van der Waals surface area contributed by atoms with Crippen LogP contribution in [-0.2, 0) is 9.53 Å².